The third-order valence-electron chi connectivity index (χ3n) is 2.26. The van der Waals surface area contributed by atoms with E-state index >= 15 is 0 Å². The molecule has 0 aliphatic heterocycles. The van der Waals surface area contributed by atoms with Crippen molar-refractivity contribution in [3.8, 4) is 0 Å². The molecule has 82 valence electrons. The summed E-state index contributed by atoms with van der Waals surface area (Å²) in [7, 11) is 0. The summed E-state index contributed by atoms with van der Waals surface area (Å²) in [6.07, 6.45) is 0.654. The highest BCUT2D eigenvalue weighted by Gasteiger charge is 2.12. The van der Waals surface area contributed by atoms with Gasteiger partial charge >= 0.3 is 0 Å². The molecule has 0 aliphatic rings. The van der Waals surface area contributed by atoms with Gasteiger partial charge in [0.15, 0.2) is 0 Å². The number of carbonyl (C=O) groups is 1. The fourth-order valence-corrected chi connectivity index (χ4v) is 1.44. The Morgan fingerprint density at radius 1 is 1.60 bits per heavy atom. The van der Waals surface area contributed by atoms with Crippen molar-refractivity contribution in [3.05, 3.63) is 28.8 Å². The summed E-state index contributed by atoms with van der Waals surface area (Å²) in [5.41, 5.74) is 7.05. The lowest BCUT2D eigenvalue weighted by Gasteiger charge is -2.15. The summed E-state index contributed by atoms with van der Waals surface area (Å²) < 4.78 is 0. The number of amides is 1. The number of anilines is 1. The maximum absolute atomic E-state index is 11.0. The lowest BCUT2D eigenvalue weighted by molar-refractivity contribution is -0.118. The van der Waals surface area contributed by atoms with Crippen LogP contribution in [0.5, 0.6) is 0 Å². The van der Waals surface area contributed by atoms with Gasteiger partial charge in [-0.05, 0) is 31.0 Å². The third-order valence-corrected chi connectivity index (χ3v) is 2.67. The SMILES string of the molecule is CCC(Nc1ccc(C)c(Cl)c1)C(N)=O. The zero-order valence-electron chi connectivity index (χ0n) is 8.88. The number of carbonyl (C=O) groups excluding carboxylic acids is 1. The zero-order valence-corrected chi connectivity index (χ0v) is 9.64. The van der Waals surface area contributed by atoms with Crippen LogP contribution in [0.15, 0.2) is 18.2 Å². The van der Waals surface area contributed by atoms with E-state index in [-0.39, 0.29) is 11.9 Å². The summed E-state index contributed by atoms with van der Waals surface area (Å²) in [6.45, 7) is 3.83. The summed E-state index contributed by atoms with van der Waals surface area (Å²) >= 11 is 5.96. The Kier molecular flexibility index (Phi) is 3.97. The number of halogens is 1. The van der Waals surface area contributed by atoms with Crippen LogP contribution in [-0.4, -0.2) is 11.9 Å². The van der Waals surface area contributed by atoms with Gasteiger partial charge < -0.3 is 11.1 Å². The van der Waals surface area contributed by atoms with E-state index in [2.05, 4.69) is 5.32 Å². The van der Waals surface area contributed by atoms with Crippen molar-refractivity contribution in [2.45, 2.75) is 26.3 Å². The molecule has 0 aliphatic carbocycles. The van der Waals surface area contributed by atoms with E-state index in [9.17, 15) is 4.79 Å². The van der Waals surface area contributed by atoms with Crippen molar-refractivity contribution < 1.29 is 4.79 Å². The van der Waals surface area contributed by atoms with Gasteiger partial charge in [-0.25, -0.2) is 0 Å². The molecular weight excluding hydrogens is 212 g/mol. The highest BCUT2D eigenvalue weighted by Crippen LogP contribution is 2.20. The summed E-state index contributed by atoms with van der Waals surface area (Å²) in [5.74, 6) is -0.353. The Labute approximate surface area is 94.6 Å². The normalized spacial score (nSPS) is 12.2. The highest BCUT2D eigenvalue weighted by atomic mass is 35.5. The van der Waals surface area contributed by atoms with E-state index < -0.39 is 0 Å². The second-order valence-corrected chi connectivity index (χ2v) is 3.88. The van der Waals surface area contributed by atoms with Gasteiger partial charge in [0.25, 0.3) is 0 Å². The van der Waals surface area contributed by atoms with Gasteiger partial charge in [-0.2, -0.15) is 0 Å². The molecule has 0 aromatic heterocycles. The predicted octanol–water partition coefficient (Wildman–Crippen LogP) is 2.32. The van der Waals surface area contributed by atoms with Crippen molar-refractivity contribution in [2.75, 3.05) is 5.32 Å². The monoisotopic (exact) mass is 226 g/mol. The Balaban J connectivity index is 2.80. The molecule has 0 bridgehead atoms. The smallest absolute Gasteiger partial charge is 0.239 e. The quantitative estimate of drug-likeness (QED) is 0.828. The highest BCUT2D eigenvalue weighted by molar-refractivity contribution is 6.31. The number of primary amides is 1. The van der Waals surface area contributed by atoms with Crippen molar-refractivity contribution in [2.24, 2.45) is 5.73 Å². The van der Waals surface area contributed by atoms with Crippen LogP contribution in [0.1, 0.15) is 18.9 Å². The van der Waals surface area contributed by atoms with E-state index in [0.29, 0.717) is 11.4 Å². The van der Waals surface area contributed by atoms with E-state index in [1.54, 1.807) is 6.07 Å². The first-order chi connectivity index (χ1) is 7.04. The standard InChI is InChI=1S/C11H15ClN2O/c1-3-10(11(13)15)14-8-5-4-7(2)9(12)6-8/h4-6,10,14H,3H2,1-2H3,(H2,13,15). The minimum atomic E-state index is -0.353. The molecule has 0 radical (unpaired) electrons. The molecule has 1 unspecified atom stereocenters. The summed E-state index contributed by atoms with van der Waals surface area (Å²) in [4.78, 5) is 11.0. The van der Waals surface area contributed by atoms with Crippen molar-refractivity contribution in [1.29, 1.82) is 0 Å². The molecule has 0 heterocycles. The molecule has 1 rings (SSSR count). The maximum atomic E-state index is 11.0. The number of benzene rings is 1. The van der Waals surface area contributed by atoms with Gasteiger partial charge in [-0.1, -0.05) is 24.6 Å². The largest absolute Gasteiger partial charge is 0.374 e. The van der Waals surface area contributed by atoms with E-state index in [1.165, 1.54) is 0 Å². The molecule has 0 spiro atoms. The average Bonchev–Trinajstić information content (AvgIpc) is 2.19. The molecule has 0 saturated carbocycles. The van der Waals surface area contributed by atoms with Crippen molar-refractivity contribution in [1.82, 2.24) is 0 Å². The minimum absolute atomic E-state index is 0.344. The van der Waals surface area contributed by atoms with Crippen LogP contribution in [0.4, 0.5) is 5.69 Å². The van der Waals surface area contributed by atoms with E-state index in [0.717, 1.165) is 11.3 Å². The Morgan fingerprint density at radius 3 is 2.73 bits per heavy atom. The van der Waals surface area contributed by atoms with Crippen LogP contribution in [-0.2, 0) is 4.79 Å². The van der Waals surface area contributed by atoms with Crippen LogP contribution < -0.4 is 11.1 Å². The molecule has 1 amide bonds. The number of hydrogen-bond acceptors (Lipinski definition) is 2. The maximum Gasteiger partial charge on any atom is 0.239 e. The Hall–Kier alpha value is -1.22. The molecule has 0 fully saturated rings. The van der Waals surface area contributed by atoms with Gasteiger partial charge in [-0.3, -0.25) is 4.79 Å². The van der Waals surface area contributed by atoms with Crippen LogP contribution in [0, 0.1) is 6.92 Å². The summed E-state index contributed by atoms with van der Waals surface area (Å²) in [5, 5.41) is 3.72. The van der Waals surface area contributed by atoms with Gasteiger partial charge in [0.1, 0.15) is 6.04 Å². The van der Waals surface area contributed by atoms with Crippen LogP contribution >= 0.6 is 11.6 Å². The van der Waals surface area contributed by atoms with E-state index in [1.807, 2.05) is 26.0 Å². The van der Waals surface area contributed by atoms with E-state index in [4.69, 9.17) is 17.3 Å². The molecular formula is C11H15ClN2O. The molecule has 1 aromatic rings. The average molecular weight is 227 g/mol. The summed E-state index contributed by atoms with van der Waals surface area (Å²) in [6, 6.07) is 5.23. The molecule has 3 nitrogen and oxygen atoms in total. The molecule has 1 atom stereocenters. The topological polar surface area (TPSA) is 55.1 Å². The predicted molar refractivity (Wildman–Crippen MR) is 63.1 cm³/mol. The molecule has 4 heteroatoms. The molecule has 3 N–H and O–H groups in total. The van der Waals surface area contributed by atoms with Crippen molar-refractivity contribution in [3.63, 3.8) is 0 Å². The number of nitrogens with two attached hydrogens (primary N) is 1. The van der Waals surface area contributed by atoms with Gasteiger partial charge in [0, 0.05) is 10.7 Å². The first kappa shape index (κ1) is 11.9. The lowest BCUT2D eigenvalue weighted by Crippen LogP contribution is -2.34. The number of nitrogens with one attached hydrogen (secondary N) is 1. The Bertz CT molecular complexity index is 366. The van der Waals surface area contributed by atoms with Crippen molar-refractivity contribution >= 4 is 23.2 Å². The fraction of sp³-hybridized carbons (Fsp3) is 0.364. The second kappa shape index (κ2) is 5.03. The Morgan fingerprint density at radius 2 is 2.27 bits per heavy atom. The number of hydrogen-bond donors (Lipinski definition) is 2. The van der Waals surface area contributed by atoms with Crippen LogP contribution in [0.2, 0.25) is 5.02 Å². The first-order valence-electron chi connectivity index (χ1n) is 4.86. The molecule has 1 aromatic carbocycles. The molecule has 0 saturated heterocycles. The number of aryl methyl sites for hydroxylation is 1. The lowest BCUT2D eigenvalue weighted by atomic mass is 10.1. The fourth-order valence-electron chi connectivity index (χ4n) is 1.26. The van der Waals surface area contributed by atoms with Gasteiger partial charge in [0.05, 0.1) is 0 Å². The minimum Gasteiger partial charge on any atom is -0.374 e. The molecule has 15 heavy (non-hydrogen) atoms. The number of rotatable bonds is 4. The van der Waals surface area contributed by atoms with Gasteiger partial charge in [0.2, 0.25) is 5.91 Å². The zero-order chi connectivity index (χ0) is 11.4. The first-order valence-corrected chi connectivity index (χ1v) is 5.24. The van der Waals surface area contributed by atoms with Gasteiger partial charge in [-0.15, -0.1) is 0 Å². The van der Waals surface area contributed by atoms with Crippen LogP contribution in [0.3, 0.4) is 0 Å². The van der Waals surface area contributed by atoms with Crippen LogP contribution in [0.25, 0.3) is 0 Å². The third kappa shape index (κ3) is 3.13. The second-order valence-electron chi connectivity index (χ2n) is 3.47.